The second kappa shape index (κ2) is 8.71. The third-order valence-electron chi connectivity index (χ3n) is 5.60. The molecule has 1 atom stereocenters. The lowest BCUT2D eigenvalue weighted by molar-refractivity contribution is -0.118. The molecule has 0 saturated heterocycles. The van der Waals surface area contributed by atoms with Crippen molar-refractivity contribution < 1.29 is 14.0 Å². The van der Waals surface area contributed by atoms with Crippen molar-refractivity contribution >= 4 is 29.1 Å². The minimum atomic E-state index is -0.558. The lowest BCUT2D eigenvalue weighted by Gasteiger charge is -2.38. The molecule has 2 aromatic rings. The highest BCUT2D eigenvalue weighted by molar-refractivity contribution is 8.03. The summed E-state index contributed by atoms with van der Waals surface area (Å²) in [7, 11) is 0. The van der Waals surface area contributed by atoms with E-state index < -0.39 is 5.92 Å². The first-order valence-corrected chi connectivity index (χ1v) is 11.5. The minimum absolute atomic E-state index is 0.0270. The number of carbonyl (C=O) groups is 2. The van der Waals surface area contributed by atoms with Crippen molar-refractivity contribution in [1.82, 2.24) is 5.32 Å². The molecule has 1 aliphatic heterocycles. The first-order chi connectivity index (χ1) is 15.3. The molecule has 2 aliphatic rings. The van der Waals surface area contributed by atoms with Gasteiger partial charge in [-0.15, -0.1) is 0 Å². The van der Waals surface area contributed by atoms with E-state index in [1.807, 2.05) is 31.2 Å². The summed E-state index contributed by atoms with van der Waals surface area (Å²) < 4.78 is 5.63. The summed E-state index contributed by atoms with van der Waals surface area (Å²) in [6.07, 6.45) is 2.65. The van der Waals surface area contributed by atoms with Gasteiger partial charge in [-0.2, -0.15) is 5.26 Å². The van der Waals surface area contributed by atoms with Gasteiger partial charge in [0.25, 0.3) is 0 Å². The molecule has 2 N–H and O–H groups in total. The lowest BCUT2D eigenvalue weighted by atomic mass is 9.70. The molecule has 1 aromatic heterocycles. The van der Waals surface area contributed by atoms with Gasteiger partial charge in [-0.3, -0.25) is 9.59 Å². The molecular formula is C25H25N3O3S. The topological polar surface area (TPSA) is 95.1 Å². The fourth-order valence-electron chi connectivity index (χ4n) is 4.29. The number of amides is 1. The predicted molar refractivity (Wildman–Crippen MR) is 125 cm³/mol. The fraction of sp³-hybridized carbons (Fsp3) is 0.320. The van der Waals surface area contributed by atoms with Crippen molar-refractivity contribution in [2.45, 2.75) is 39.5 Å². The number of anilines is 1. The largest absolute Gasteiger partial charge is 0.468 e. The molecule has 7 heteroatoms. The van der Waals surface area contributed by atoms with E-state index in [1.165, 1.54) is 11.8 Å². The third kappa shape index (κ3) is 4.51. The number of furan rings is 1. The molecule has 0 fully saturated rings. The summed E-state index contributed by atoms with van der Waals surface area (Å²) in [4.78, 5) is 25.6. The van der Waals surface area contributed by atoms with Crippen molar-refractivity contribution in [3.05, 3.63) is 75.9 Å². The fourth-order valence-corrected chi connectivity index (χ4v) is 5.15. The normalized spacial score (nSPS) is 19.8. The van der Waals surface area contributed by atoms with E-state index in [0.29, 0.717) is 34.8 Å². The first kappa shape index (κ1) is 22.0. The van der Waals surface area contributed by atoms with Crippen molar-refractivity contribution in [1.29, 1.82) is 5.26 Å². The number of benzene rings is 1. The molecular weight excluding hydrogens is 422 g/mol. The molecule has 1 amide bonds. The molecule has 1 aromatic carbocycles. The highest BCUT2D eigenvalue weighted by Gasteiger charge is 2.42. The van der Waals surface area contributed by atoms with Gasteiger partial charge in [0.15, 0.2) is 5.78 Å². The van der Waals surface area contributed by atoms with Crippen LogP contribution in [-0.4, -0.2) is 17.4 Å². The number of aryl methyl sites for hydroxylation is 1. The number of allylic oxidation sites excluding steroid dienone is 3. The zero-order valence-electron chi connectivity index (χ0n) is 18.3. The van der Waals surface area contributed by atoms with E-state index in [0.717, 1.165) is 16.9 Å². The number of nitrogens with one attached hydrogen (secondary N) is 2. The van der Waals surface area contributed by atoms with E-state index in [9.17, 15) is 14.9 Å². The van der Waals surface area contributed by atoms with Gasteiger partial charge in [-0.05, 0) is 48.6 Å². The van der Waals surface area contributed by atoms with Crippen LogP contribution in [0.25, 0.3) is 0 Å². The molecule has 2 heterocycles. The Kier molecular flexibility index (Phi) is 5.98. The number of nitriles is 1. The molecule has 1 aliphatic carbocycles. The van der Waals surface area contributed by atoms with E-state index in [2.05, 4.69) is 30.6 Å². The van der Waals surface area contributed by atoms with Crippen molar-refractivity contribution in [3.8, 4) is 6.07 Å². The van der Waals surface area contributed by atoms with Crippen molar-refractivity contribution in [2.75, 3.05) is 11.1 Å². The Bertz CT molecular complexity index is 1170. The standard InChI is InChI=1S/C25H25N3O3S/c1-15-6-4-7-16(10-15)27-21(30)14-32-24-17(13-26)22(20-8-5-9-31-20)23-18(28-24)11-25(2,3)12-19(23)29/h4-10,22,28H,11-12,14H2,1-3H3,(H,27,30). The maximum Gasteiger partial charge on any atom is 0.234 e. The smallest absolute Gasteiger partial charge is 0.234 e. The Morgan fingerprint density at radius 1 is 1.31 bits per heavy atom. The van der Waals surface area contributed by atoms with Crippen molar-refractivity contribution in [3.63, 3.8) is 0 Å². The number of dihydropyridines is 1. The van der Waals surface area contributed by atoms with Gasteiger partial charge in [0.1, 0.15) is 5.76 Å². The molecule has 0 spiro atoms. The summed E-state index contributed by atoms with van der Waals surface area (Å²) in [6, 6.07) is 13.4. The van der Waals surface area contributed by atoms with Gasteiger partial charge in [-0.1, -0.05) is 37.7 Å². The molecule has 0 radical (unpaired) electrons. The van der Waals surface area contributed by atoms with Crippen LogP contribution in [0.2, 0.25) is 0 Å². The Morgan fingerprint density at radius 3 is 2.81 bits per heavy atom. The van der Waals surface area contributed by atoms with Crippen LogP contribution in [-0.2, 0) is 9.59 Å². The van der Waals surface area contributed by atoms with Gasteiger partial charge in [0.05, 0.1) is 34.6 Å². The van der Waals surface area contributed by atoms with Crippen LogP contribution >= 0.6 is 11.8 Å². The monoisotopic (exact) mass is 447 g/mol. The molecule has 32 heavy (non-hydrogen) atoms. The second-order valence-electron chi connectivity index (χ2n) is 8.97. The number of rotatable bonds is 5. The quantitative estimate of drug-likeness (QED) is 0.668. The lowest BCUT2D eigenvalue weighted by Crippen LogP contribution is -2.37. The van der Waals surface area contributed by atoms with E-state index in [-0.39, 0.29) is 22.9 Å². The maximum atomic E-state index is 13.1. The van der Waals surface area contributed by atoms with Crippen LogP contribution in [0.3, 0.4) is 0 Å². The molecule has 164 valence electrons. The summed E-state index contributed by atoms with van der Waals surface area (Å²) >= 11 is 1.27. The number of hydrogen-bond donors (Lipinski definition) is 2. The summed E-state index contributed by atoms with van der Waals surface area (Å²) in [5, 5.41) is 16.8. The Morgan fingerprint density at radius 2 is 2.12 bits per heavy atom. The molecule has 6 nitrogen and oxygen atoms in total. The highest BCUT2D eigenvalue weighted by Crippen LogP contribution is 2.47. The molecule has 0 bridgehead atoms. The van der Waals surface area contributed by atoms with E-state index in [4.69, 9.17) is 4.42 Å². The van der Waals surface area contributed by atoms with Gasteiger partial charge in [-0.25, -0.2) is 0 Å². The van der Waals surface area contributed by atoms with Crippen LogP contribution in [0.5, 0.6) is 0 Å². The summed E-state index contributed by atoms with van der Waals surface area (Å²) in [6.45, 7) is 6.08. The first-order valence-electron chi connectivity index (χ1n) is 10.5. The van der Waals surface area contributed by atoms with Crippen LogP contribution < -0.4 is 10.6 Å². The van der Waals surface area contributed by atoms with E-state index in [1.54, 1.807) is 18.4 Å². The number of nitrogens with zero attached hydrogens (tertiary/aromatic N) is 1. The predicted octanol–water partition coefficient (Wildman–Crippen LogP) is 5.03. The van der Waals surface area contributed by atoms with Gasteiger partial charge < -0.3 is 15.1 Å². The number of Topliss-reactive ketones (excluding diaryl/α,β-unsaturated/α-hetero) is 1. The zero-order chi connectivity index (χ0) is 22.9. The van der Waals surface area contributed by atoms with Gasteiger partial charge in [0, 0.05) is 23.4 Å². The summed E-state index contributed by atoms with van der Waals surface area (Å²) in [5.74, 6) is -0.00413. The molecule has 1 unspecified atom stereocenters. The van der Waals surface area contributed by atoms with Crippen LogP contribution in [0.1, 0.15) is 43.9 Å². The number of hydrogen-bond acceptors (Lipinski definition) is 6. The number of thioether (sulfide) groups is 1. The van der Waals surface area contributed by atoms with Gasteiger partial charge >= 0.3 is 0 Å². The Hall–Kier alpha value is -3.24. The average molecular weight is 448 g/mol. The van der Waals surface area contributed by atoms with Crippen molar-refractivity contribution in [2.24, 2.45) is 5.41 Å². The minimum Gasteiger partial charge on any atom is -0.468 e. The summed E-state index contributed by atoms with van der Waals surface area (Å²) in [5.41, 5.74) is 3.43. The van der Waals surface area contributed by atoms with Crippen LogP contribution in [0.15, 0.2) is 69.0 Å². The second-order valence-corrected chi connectivity index (χ2v) is 9.95. The average Bonchev–Trinajstić information content (AvgIpc) is 3.24. The number of carbonyl (C=O) groups excluding carboxylic acids is 2. The third-order valence-corrected chi connectivity index (χ3v) is 6.62. The SMILES string of the molecule is Cc1cccc(NC(=O)CSC2=C(C#N)C(c3ccco3)C3=C(CC(C)(C)CC3=O)N2)c1. The maximum absolute atomic E-state index is 13.1. The Balaban J connectivity index is 1.61. The Labute approximate surface area is 191 Å². The van der Waals surface area contributed by atoms with E-state index >= 15 is 0 Å². The van der Waals surface area contributed by atoms with Gasteiger partial charge in [0.2, 0.25) is 5.91 Å². The molecule has 0 saturated carbocycles. The zero-order valence-corrected chi connectivity index (χ0v) is 19.1. The number of ketones is 1. The van der Waals surface area contributed by atoms with Crippen LogP contribution in [0.4, 0.5) is 5.69 Å². The highest BCUT2D eigenvalue weighted by atomic mass is 32.2. The molecule has 4 rings (SSSR count). The van der Waals surface area contributed by atoms with Crippen LogP contribution in [0, 0.1) is 23.7 Å².